The Morgan fingerprint density at radius 2 is 1.74 bits per heavy atom. The smallest absolute Gasteiger partial charge is 0.290 e. The Balaban J connectivity index is 1.54. The van der Waals surface area contributed by atoms with Crippen LogP contribution in [0.1, 0.15) is 60.8 Å². The van der Waals surface area contributed by atoms with E-state index >= 15 is 0 Å². The van der Waals surface area contributed by atoms with Gasteiger partial charge in [0.25, 0.3) is 5.91 Å². The first-order valence-electron chi connectivity index (χ1n) is 14.8. The number of methoxy groups -OCH3 is 1. The molecule has 5 rings (SSSR count). The standard InChI is InChI=1S/C35H37NO7/c1-4-6-10-20-42-26-17-16-24(21-28(26)41-5-2)31-30(32(37)29-22-25-14-11-15-27(40-3)34(25)43-29)33(38)35(39)36(31)19-18-23-12-8-7-9-13-23/h7-9,11-17,21-22,31,38H,4-6,10,18-20H2,1-3H3. The van der Waals surface area contributed by atoms with Crippen LogP contribution in [0.2, 0.25) is 0 Å². The van der Waals surface area contributed by atoms with Gasteiger partial charge in [0, 0.05) is 11.9 Å². The van der Waals surface area contributed by atoms with Gasteiger partial charge in [-0.15, -0.1) is 0 Å². The van der Waals surface area contributed by atoms with Crippen molar-refractivity contribution in [1.82, 2.24) is 4.90 Å². The molecule has 1 amide bonds. The number of aliphatic hydroxyl groups excluding tert-OH is 1. The van der Waals surface area contributed by atoms with E-state index in [1.165, 1.54) is 12.0 Å². The Morgan fingerprint density at radius 1 is 0.930 bits per heavy atom. The van der Waals surface area contributed by atoms with Gasteiger partial charge >= 0.3 is 0 Å². The first kappa shape index (κ1) is 29.8. The molecule has 0 saturated heterocycles. The average Bonchev–Trinajstić information content (AvgIpc) is 3.58. The number of nitrogens with zero attached hydrogens (tertiary/aromatic N) is 1. The van der Waals surface area contributed by atoms with E-state index in [0.717, 1.165) is 24.8 Å². The molecule has 2 heterocycles. The van der Waals surface area contributed by atoms with Gasteiger partial charge in [0.05, 0.1) is 31.9 Å². The van der Waals surface area contributed by atoms with Crippen LogP contribution in [0.4, 0.5) is 0 Å². The lowest BCUT2D eigenvalue weighted by atomic mass is 9.94. The number of Topliss-reactive ketones (excluding diaryl/α,β-unsaturated/α-hetero) is 1. The van der Waals surface area contributed by atoms with Crippen molar-refractivity contribution >= 4 is 22.7 Å². The number of benzene rings is 3. The van der Waals surface area contributed by atoms with Crippen molar-refractivity contribution in [3.05, 3.63) is 101 Å². The van der Waals surface area contributed by atoms with Gasteiger partial charge in [-0.25, -0.2) is 0 Å². The molecule has 0 saturated carbocycles. The molecule has 0 aliphatic carbocycles. The zero-order chi connectivity index (χ0) is 30.3. The van der Waals surface area contributed by atoms with Crippen molar-refractivity contribution < 1.29 is 33.3 Å². The molecule has 1 atom stereocenters. The molecular formula is C35H37NO7. The van der Waals surface area contributed by atoms with E-state index in [4.69, 9.17) is 18.6 Å². The van der Waals surface area contributed by atoms with Gasteiger partial charge < -0.3 is 28.6 Å². The third-order valence-corrected chi connectivity index (χ3v) is 7.57. The quantitative estimate of drug-likeness (QED) is 0.124. The van der Waals surface area contributed by atoms with Crippen LogP contribution in [-0.4, -0.2) is 48.6 Å². The predicted octanol–water partition coefficient (Wildman–Crippen LogP) is 7.23. The lowest BCUT2D eigenvalue weighted by molar-refractivity contribution is -0.129. The number of unbranched alkanes of at least 4 members (excludes halogenated alkanes) is 2. The fraction of sp³-hybridized carbons (Fsp3) is 0.314. The second-order valence-corrected chi connectivity index (χ2v) is 10.4. The van der Waals surface area contributed by atoms with Gasteiger partial charge in [0.15, 0.2) is 34.4 Å². The molecule has 1 N–H and O–H groups in total. The highest BCUT2D eigenvalue weighted by Crippen LogP contribution is 2.42. The van der Waals surface area contributed by atoms with E-state index in [1.807, 2.05) is 49.4 Å². The SMILES string of the molecule is CCCCCOc1ccc(C2C(C(=O)c3cc4cccc(OC)c4o3)=C(O)C(=O)N2CCc2ccccc2)cc1OCC. The fourth-order valence-corrected chi connectivity index (χ4v) is 5.42. The van der Waals surface area contributed by atoms with E-state index in [2.05, 4.69) is 6.92 Å². The maximum absolute atomic E-state index is 14.1. The highest BCUT2D eigenvalue weighted by molar-refractivity contribution is 6.16. The highest BCUT2D eigenvalue weighted by atomic mass is 16.5. The van der Waals surface area contributed by atoms with Gasteiger partial charge in [-0.2, -0.15) is 0 Å². The first-order valence-corrected chi connectivity index (χ1v) is 14.8. The van der Waals surface area contributed by atoms with Crippen molar-refractivity contribution in [1.29, 1.82) is 0 Å². The number of fused-ring (bicyclic) bond motifs is 1. The molecule has 1 aliphatic rings. The van der Waals surface area contributed by atoms with E-state index in [1.54, 1.807) is 30.3 Å². The summed E-state index contributed by atoms with van der Waals surface area (Å²) in [6.45, 7) is 5.26. The summed E-state index contributed by atoms with van der Waals surface area (Å²) in [4.78, 5) is 29.2. The number of furan rings is 1. The summed E-state index contributed by atoms with van der Waals surface area (Å²) in [6.07, 6.45) is 3.61. The lowest BCUT2D eigenvalue weighted by Crippen LogP contribution is -2.33. The zero-order valence-electron chi connectivity index (χ0n) is 24.8. The molecule has 8 heteroatoms. The number of amides is 1. The van der Waals surface area contributed by atoms with Crippen molar-refractivity contribution in [2.45, 2.75) is 45.6 Å². The van der Waals surface area contributed by atoms with Crippen LogP contribution in [0, 0.1) is 0 Å². The maximum atomic E-state index is 14.1. The summed E-state index contributed by atoms with van der Waals surface area (Å²) < 4.78 is 23.3. The Morgan fingerprint density at radius 3 is 2.49 bits per heavy atom. The molecule has 43 heavy (non-hydrogen) atoms. The minimum atomic E-state index is -0.868. The second kappa shape index (κ2) is 13.5. The van der Waals surface area contributed by atoms with Gasteiger partial charge in [0.1, 0.15) is 0 Å². The molecule has 0 spiro atoms. The van der Waals surface area contributed by atoms with Crippen LogP contribution in [0.25, 0.3) is 11.0 Å². The van der Waals surface area contributed by atoms with Crippen molar-refractivity contribution in [3.63, 3.8) is 0 Å². The van der Waals surface area contributed by atoms with Crippen LogP contribution in [0.3, 0.4) is 0 Å². The molecule has 4 aromatic rings. The molecular weight excluding hydrogens is 546 g/mol. The maximum Gasteiger partial charge on any atom is 0.290 e. The van der Waals surface area contributed by atoms with Crippen molar-refractivity contribution in [2.75, 3.05) is 26.9 Å². The number of para-hydroxylation sites is 1. The monoisotopic (exact) mass is 583 g/mol. The van der Waals surface area contributed by atoms with E-state index in [0.29, 0.717) is 53.4 Å². The van der Waals surface area contributed by atoms with Gasteiger partial charge in [-0.1, -0.05) is 68.3 Å². The van der Waals surface area contributed by atoms with Crippen LogP contribution in [0.15, 0.2) is 88.5 Å². The Kier molecular flexibility index (Phi) is 9.35. The third kappa shape index (κ3) is 6.23. The number of hydrogen-bond acceptors (Lipinski definition) is 7. The summed E-state index contributed by atoms with van der Waals surface area (Å²) in [5, 5.41) is 11.9. The molecule has 3 aromatic carbocycles. The van der Waals surface area contributed by atoms with Crippen LogP contribution >= 0.6 is 0 Å². The number of rotatable bonds is 14. The average molecular weight is 584 g/mol. The van der Waals surface area contributed by atoms with E-state index < -0.39 is 23.5 Å². The molecule has 1 unspecified atom stereocenters. The summed E-state index contributed by atoms with van der Waals surface area (Å²) in [6, 6.07) is 21.3. The van der Waals surface area contributed by atoms with Crippen molar-refractivity contribution in [3.8, 4) is 17.2 Å². The summed E-state index contributed by atoms with van der Waals surface area (Å²) in [7, 11) is 1.52. The Bertz CT molecular complexity index is 1620. The molecule has 1 aromatic heterocycles. The second-order valence-electron chi connectivity index (χ2n) is 10.4. The van der Waals surface area contributed by atoms with Crippen molar-refractivity contribution in [2.24, 2.45) is 0 Å². The summed E-state index contributed by atoms with van der Waals surface area (Å²) in [5.41, 5.74) is 2.02. The highest BCUT2D eigenvalue weighted by Gasteiger charge is 2.44. The van der Waals surface area contributed by atoms with Gasteiger partial charge in [-0.05, 0) is 55.2 Å². The number of ketones is 1. The minimum Gasteiger partial charge on any atom is -0.503 e. The van der Waals surface area contributed by atoms with Gasteiger partial charge in [-0.3, -0.25) is 9.59 Å². The molecule has 0 fully saturated rings. The molecule has 1 aliphatic heterocycles. The number of ether oxygens (including phenoxy) is 3. The topological polar surface area (TPSA) is 98.4 Å². The first-order chi connectivity index (χ1) is 21.0. The summed E-state index contributed by atoms with van der Waals surface area (Å²) in [5.74, 6) is -0.192. The molecule has 0 bridgehead atoms. The number of carbonyl (C=O) groups is 2. The lowest BCUT2D eigenvalue weighted by Gasteiger charge is -2.27. The van der Waals surface area contributed by atoms with E-state index in [9.17, 15) is 14.7 Å². The fourth-order valence-electron chi connectivity index (χ4n) is 5.42. The predicted molar refractivity (Wildman–Crippen MR) is 164 cm³/mol. The number of carbonyl (C=O) groups excluding carboxylic acids is 2. The third-order valence-electron chi connectivity index (χ3n) is 7.57. The number of aliphatic hydroxyl groups is 1. The molecule has 224 valence electrons. The zero-order valence-corrected chi connectivity index (χ0v) is 24.8. The van der Waals surface area contributed by atoms with Crippen LogP contribution in [-0.2, 0) is 11.2 Å². The minimum absolute atomic E-state index is 0.00432. The summed E-state index contributed by atoms with van der Waals surface area (Å²) >= 11 is 0. The largest absolute Gasteiger partial charge is 0.503 e. The van der Waals surface area contributed by atoms with Crippen LogP contribution < -0.4 is 14.2 Å². The van der Waals surface area contributed by atoms with E-state index in [-0.39, 0.29) is 17.9 Å². The van der Waals surface area contributed by atoms with Gasteiger partial charge in [0.2, 0.25) is 5.78 Å². The molecule has 8 nitrogen and oxygen atoms in total. The normalized spacial score (nSPS) is 14.9. The Hall–Kier alpha value is -4.72. The molecule has 0 radical (unpaired) electrons. The Labute approximate surface area is 251 Å². The number of hydrogen-bond donors (Lipinski definition) is 1. The van der Waals surface area contributed by atoms with Crippen LogP contribution in [0.5, 0.6) is 17.2 Å².